The molecule has 0 radical (unpaired) electrons. The Labute approximate surface area is 129 Å². The van der Waals surface area contributed by atoms with Gasteiger partial charge in [-0.05, 0) is 63.4 Å². The highest BCUT2D eigenvalue weighted by molar-refractivity contribution is 5.28. The van der Waals surface area contributed by atoms with E-state index in [9.17, 15) is 10.2 Å². The van der Waals surface area contributed by atoms with Gasteiger partial charge in [-0.2, -0.15) is 0 Å². The van der Waals surface area contributed by atoms with Gasteiger partial charge in [0.2, 0.25) is 0 Å². The first-order chi connectivity index (χ1) is 9.76. The summed E-state index contributed by atoms with van der Waals surface area (Å²) >= 11 is 0. The van der Waals surface area contributed by atoms with Crippen LogP contribution in [0.1, 0.15) is 59.3 Å². The minimum Gasteiger partial charge on any atom is -0.392 e. The van der Waals surface area contributed by atoms with Gasteiger partial charge in [0.25, 0.3) is 0 Å². The van der Waals surface area contributed by atoms with Crippen LogP contribution in [0.3, 0.4) is 0 Å². The molecule has 118 valence electrons. The molecular weight excluding hydrogens is 260 g/mol. The van der Waals surface area contributed by atoms with Crippen molar-refractivity contribution in [3.05, 3.63) is 35.5 Å². The van der Waals surface area contributed by atoms with Gasteiger partial charge in [-0.25, -0.2) is 0 Å². The molecule has 2 nitrogen and oxygen atoms in total. The van der Waals surface area contributed by atoms with E-state index in [-0.39, 0.29) is 17.9 Å². The lowest BCUT2D eigenvalue weighted by atomic mass is 9.74. The molecule has 0 aromatic carbocycles. The zero-order valence-electron chi connectivity index (χ0n) is 13.8. The van der Waals surface area contributed by atoms with E-state index in [0.29, 0.717) is 0 Å². The third-order valence-electron chi connectivity index (χ3n) is 5.41. The average Bonchev–Trinajstić information content (AvgIpc) is 2.74. The fourth-order valence-corrected chi connectivity index (χ4v) is 3.87. The van der Waals surface area contributed by atoms with Crippen LogP contribution in [0.4, 0.5) is 0 Å². The first kappa shape index (κ1) is 16.5. The van der Waals surface area contributed by atoms with Gasteiger partial charge in [0, 0.05) is 5.92 Å². The SMILES string of the molecule is C=C1C/C=C(/CO)C/C=C2\[C@H](C(C)(C)O)CC[C@@]2(C)CC1. The molecule has 0 aromatic rings. The van der Waals surface area contributed by atoms with Crippen LogP contribution in [0.25, 0.3) is 0 Å². The Kier molecular flexibility index (Phi) is 4.79. The summed E-state index contributed by atoms with van der Waals surface area (Å²) in [5, 5.41) is 20.0. The van der Waals surface area contributed by atoms with Crippen molar-refractivity contribution < 1.29 is 10.2 Å². The maximum Gasteiger partial charge on any atom is 0.0656 e. The molecule has 0 unspecified atom stereocenters. The predicted octanol–water partition coefficient (Wildman–Crippen LogP) is 4.15. The molecule has 0 spiro atoms. The summed E-state index contributed by atoms with van der Waals surface area (Å²) in [5.41, 5.74) is 3.20. The minimum absolute atomic E-state index is 0.112. The van der Waals surface area contributed by atoms with Crippen LogP contribution in [0.5, 0.6) is 0 Å². The maximum absolute atomic E-state index is 10.5. The zero-order valence-corrected chi connectivity index (χ0v) is 13.8. The normalized spacial score (nSPS) is 36.4. The Balaban J connectivity index is 2.36. The van der Waals surface area contributed by atoms with E-state index >= 15 is 0 Å². The summed E-state index contributed by atoms with van der Waals surface area (Å²) in [5.74, 6) is 0.232. The van der Waals surface area contributed by atoms with Crippen LogP contribution in [0.2, 0.25) is 0 Å². The lowest BCUT2D eigenvalue weighted by Crippen LogP contribution is -2.32. The molecule has 1 fully saturated rings. The van der Waals surface area contributed by atoms with Gasteiger partial charge in [0.15, 0.2) is 0 Å². The van der Waals surface area contributed by atoms with Crippen LogP contribution in [0.15, 0.2) is 35.5 Å². The van der Waals surface area contributed by atoms with Crippen molar-refractivity contribution >= 4 is 0 Å². The Hall–Kier alpha value is -0.860. The number of aliphatic hydroxyl groups excluding tert-OH is 1. The highest BCUT2D eigenvalue weighted by Gasteiger charge is 2.45. The Bertz CT molecular complexity index is 464. The fraction of sp³-hybridized carbons (Fsp3) is 0.684. The molecule has 2 aliphatic rings. The van der Waals surface area contributed by atoms with Crippen LogP contribution < -0.4 is 0 Å². The van der Waals surface area contributed by atoms with Crippen molar-refractivity contribution in [1.29, 1.82) is 0 Å². The second-order valence-electron chi connectivity index (χ2n) is 7.64. The molecule has 2 N–H and O–H groups in total. The molecule has 0 aromatic heterocycles. The summed E-state index contributed by atoms with van der Waals surface area (Å²) in [6, 6.07) is 0. The van der Waals surface area contributed by atoms with Crippen molar-refractivity contribution in [2.75, 3.05) is 6.61 Å². The monoisotopic (exact) mass is 290 g/mol. The molecule has 2 aliphatic carbocycles. The molecule has 2 rings (SSSR count). The maximum atomic E-state index is 10.5. The van der Waals surface area contributed by atoms with E-state index in [1.54, 1.807) is 0 Å². The Morgan fingerprint density at radius 1 is 1.29 bits per heavy atom. The highest BCUT2D eigenvalue weighted by atomic mass is 16.3. The lowest BCUT2D eigenvalue weighted by molar-refractivity contribution is 0.0337. The summed E-state index contributed by atoms with van der Waals surface area (Å²) < 4.78 is 0. The van der Waals surface area contributed by atoms with Crippen molar-refractivity contribution in [2.24, 2.45) is 11.3 Å². The van der Waals surface area contributed by atoms with Crippen molar-refractivity contribution in [3.8, 4) is 0 Å². The second-order valence-corrected chi connectivity index (χ2v) is 7.64. The summed E-state index contributed by atoms with van der Waals surface area (Å²) in [4.78, 5) is 0. The molecule has 2 heteroatoms. The molecule has 1 saturated carbocycles. The van der Waals surface area contributed by atoms with Gasteiger partial charge >= 0.3 is 0 Å². The summed E-state index contributed by atoms with van der Waals surface area (Å²) in [6.45, 7) is 10.5. The number of fused-ring (bicyclic) bond motifs is 1. The van der Waals surface area contributed by atoms with E-state index in [1.807, 2.05) is 13.8 Å². The first-order valence-electron chi connectivity index (χ1n) is 8.14. The van der Waals surface area contributed by atoms with Crippen molar-refractivity contribution in [3.63, 3.8) is 0 Å². The van der Waals surface area contributed by atoms with Crippen LogP contribution in [0, 0.1) is 11.3 Å². The van der Waals surface area contributed by atoms with Gasteiger partial charge < -0.3 is 10.2 Å². The van der Waals surface area contributed by atoms with Crippen molar-refractivity contribution in [1.82, 2.24) is 0 Å². The van der Waals surface area contributed by atoms with E-state index in [0.717, 1.165) is 44.1 Å². The van der Waals surface area contributed by atoms with E-state index in [2.05, 4.69) is 25.7 Å². The molecule has 0 aliphatic heterocycles. The number of allylic oxidation sites excluding steroid dienone is 3. The van der Waals surface area contributed by atoms with Gasteiger partial charge in [0.05, 0.1) is 12.2 Å². The standard InChI is InChI=1S/C19H30O2/c1-14-5-6-15(13-20)7-8-17-16(18(2,3)21)10-12-19(17,4)11-9-14/h6,8,16,20-21H,1,5,7,9-13H2,2-4H3/b15-6+,17-8+/t16-,19-/m1/s1. The molecule has 0 heterocycles. The van der Waals surface area contributed by atoms with E-state index < -0.39 is 5.60 Å². The number of rotatable bonds is 2. The molecule has 0 amide bonds. The lowest BCUT2D eigenvalue weighted by Gasteiger charge is -2.34. The molecule has 21 heavy (non-hydrogen) atoms. The number of hydrogen-bond acceptors (Lipinski definition) is 2. The third kappa shape index (κ3) is 3.67. The van der Waals surface area contributed by atoms with Gasteiger partial charge in [-0.1, -0.05) is 36.8 Å². The largest absolute Gasteiger partial charge is 0.392 e. The van der Waals surface area contributed by atoms with Gasteiger partial charge in [-0.3, -0.25) is 0 Å². The fourth-order valence-electron chi connectivity index (χ4n) is 3.87. The predicted molar refractivity (Wildman–Crippen MR) is 88.0 cm³/mol. The minimum atomic E-state index is -0.673. The van der Waals surface area contributed by atoms with E-state index in [1.165, 1.54) is 11.1 Å². The Morgan fingerprint density at radius 3 is 2.62 bits per heavy atom. The molecule has 2 atom stereocenters. The second kappa shape index (κ2) is 6.10. The molecular formula is C19H30O2. The molecule has 0 saturated heterocycles. The van der Waals surface area contributed by atoms with Crippen molar-refractivity contribution in [2.45, 2.75) is 64.9 Å². The van der Waals surface area contributed by atoms with Gasteiger partial charge in [-0.15, -0.1) is 0 Å². The summed E-state index contributed by atoms with van der Waals surface area (Å²) in [7, 11) is 0. The van der Waals surface area contributed by atoms with Crippen LogP contribution >= 0.6 is 0 Å². The zero-order chi connectivity index (χ0) is 15.7. The first-order valence-corrected chi connectivity index (χ1v) is 8.14. The third-order valence-corrected chi connectivity index (χ3v) is 5.41. The average molecular weight is 290 g/mol. The number of aliphatic hydroxyl groups is 2. The molecule has 0 bridgehead atoms. The van der Waals surface area contributed by atoms with E-state index in [4.69, 9.17) is 0 Å². The topological polar surface area (TPSA) is 40.5 Å². The smallest absolute Gasteiger partial charge is 0.0656 e. The number of hydrogen-bond donors (Lipinski definition) is 2. The quantitative estimate of drug-likeness (QED) is 0.750. The Morgan fingerprint density at radius 2 is 2.00 bits per heavy atom. The van der Waals surface area contributed by atoms with Crippen LogP contribution in [-0.4, -0.2) is 22.4 Å². The van der Waals surface area contributed by atoms with Crippen LogP contribution in [-0.2, 0) is 0 Å². The highest BCUT2D eigenvalue weighted by Crippen LogP contribution is 2.53. The summed E-state index contributed by atoms with van der Waals surface area (Å²) in [6.07, 6.45) is 10.4. The van der Waals surface area contributed by atoms with Gasteiger partial charge in [0.1, 0.15) is 0 Å².